The third kappa shape index (κ3) is 12.2. The van der Waals surface area contributed by atoms with Crippen LogP contribution in [0.3, 0.4) is 0 Å². The number of rotatable bonds is 21. The topological polar surface area (TPSA) is 78.0 Å². The zero-order chi connectivity index (χ0) is 28.2. The van der Waals surface area contributed by atoms with Gasteiger partial charge >= 0.3 is 0 Å². The summed E-state index contributed by atoms with van der Waals surface area (Å²) in [6.45, 7) is 2.26. The van der Waals surface area contributed by atoms with Crippen molar-refractivity contribution in [3.05, 3.63) is 59.7 Å². The predicted octanol–water partition coefficient (Wildman–Crippen LogP) is 9.73. The van der Waals surface area contributed by atoms with Crippen LogP contribution in [-0.4, -0.2) is 25.3 Å². The molecule has 2 atom stereocenters. The molecule has 0 fully saturated rings. The van der Waals surface area contributed by atoms with Gasteiger partial charge in [-0.15, -0.1) is 0 Å². The molecule has 0 radical (unpaired) electrons. The van der Waals surface area contributed by atoms with Gasteiger partial charge in [0.1, 0.15) is 11.5 Å². The number of phenolic OH excluding ortho intramolecular Hbond substituents is 1. The number of nitriles is 1. The van der Waals surface area contributed by atoms with Gasteiger partial charge in [-0.1, -0.05) is 95.4 Å². The number of benzene rings is 2. The number of hydrogen-bond acceptors (Lipinski definition) is 5. The molecule has 0 aliphatic carbocycles. The van der Waals surface area contributed by atoms with Crippen molar-refractivity contribution in [3.63, 3.8) is 0 Å². The summed E-state index contributed by atoms with van der Waals surface area (Å²) in [5.41, 5.74) is 1.59. The fraction of sp³-hybridized carbons (Fsp3) is 0.618. The number of hydrogen-bond donors (Lipinski definition) is 1. The monoisotopic (exact) mass is 533 g/mol. The Morgan fingerprint density at radius 1 is 0.872 bits per heavy atom. The molecule has 0 aliphatic rings. The minimum absolute atomic E-state index is 0.124. The third-order valence-corrected chi connectivity index (χ3v) is 7.89. The maximum Gasteiger partial charge on any atom is 0.119 e. The molecular formula is C34H51N3O2. The van der Waals surface area contributed by atoms with Crippen LogP contribution < -0.4 is 4.74 Å². The number of azo groups is 1. The van der Waals surface area contributed by atoms with E-state index in [0.717, 1.165) is 62.7 Å². The standard InChI is InChI=1S/C34H51N3O2/c1-4-5-6-7-8-9-10-11-12-13-24-34(28-35,30-18-15-20-32(38)27-30)25-16-19-31(37-36-2)23-22-29-17-14-21-33(26-29)39-3/h14-15,17-18,20-21,26-27,31,38H,4-13,16,19,22-25H2,1-3H3. The molecule has 0 aliphatic heterocycles. The van der Waals surface area contributed by atoms with E-state index in [-0.39, 0.29) is 11.8 Å². The van der Waals surface area contributed by atoms with Crippen LogP contribution in [0, 0.1) is 11.3 Å². The molecule has 2 aromatic rings. The number of ether oxygens (including phenoxy) is 1. The zero-order valence-electron chi connectivity index (χ0n) is 24.7. The Morgan fingerprint density at radius 2 is 1.54 bits per heavy atom. The Hall–Kier alpha value is -2.87. The highest BCUT2D eigenvalue weighted by atomic mass is 16.5. The van der Waals surface area contributed by atoms with E-state index in [1.807, 2.05) is 24.3 Å². The van der Waals surface area contributed by atoms with Gasteiger partial charge in [-0.3, -0.25) is 0 Å². The second-order valence-electron chi connectivity index (χ2n) is 10.9. The normalized spacial score (nSPS) is 13.7. The van der Waals surface area contributed by atoms with Gasteiger partial charge in [0, 0.05) is 7.05 Å². The zero-order valence-corrected chi connectivity index (χ0v) is 24.7. The van der Waals surface area contributed by atoms with E-state index < -0.39 is 5.41 Å². The Morgan fingerprint density at radius 3 is 2.18 bits per heavy atom. The fourth-order valence-corrected chi connectivity index (χ4v) is 5.53. The van der Waals surface area contributed by atoms with Gasteiger partial charge in [-0.25, -0.2) is 0 Å². The highest BCUT2D eigenvalue weighted by Gasteiger charge is 2.32. The van der Waals surface area contributed by atoms with Gasteiger partial charge in [0.2, 0.25) is 0 Å². The van der Waals surface area contributed by atoms with Crippen molar-refractivity contribution in [2.75, 3.05) is 14.2 Å². The van der Waals surface area contributed by atoms with Crippen LogP contribution in [-0.2, 0) is 11.8 Å². The summed E-state index contributed by atoms with van der Waals surface area (Å²) in [7, 11) is 3.42. The molecule has 2 aromatic carbocycles. The molecule has 0 saturated carbocycles. The van der Waals surface area contributed by atoms with E-state index in [4.69, 9.17) is 4.74 Å². The van der Waals surface area contributed by atoms with E-state index in [9.17, 15) is 10.4 Å². The highest BCUT2D eigenvalue weighted by Crippen LogP contribution is 2.37. The summed E-state index contributed by atoms with van der Waals surface area (Å²) in [6, 6.07) is 18.3. The first kappa shape index (κ1) is 32.3. The summed E-state index contributed by atoms with van der Waals surface area (Å²) in [4.78, 5) is 0. The van der Waals surface area contributed by atoms with Crippen LogP contribution >= 0.6 is 0 Å². The Bertz CT molecular complexity index is 1000. The lowest BCUT2D eigenvalue weighted by atomic mass is 9.73. The third-order valence-electron chi connectivity index (χ3n) is 7.89. The number of aryl methyl sites for hydroxylation is 1. The van der Waals surface area contributed by atoms with E-state index in [2.05, 4.69) is 35.4 Å². The first-order valence-electron chi connectivity index (χ1n) is 15.2. The molecule has 5 heteroatoms. The molecule has 214 valence electrons. The lowest BCUT2D eigenvalue weighted by Gasteiger charge is -2.28. The molecule has 0 amide bonds. The number of nitrogens with zero attached hydrogens (tertiary/aromatic N) is 3. The van der Waals surface area contributed by atoms with Gasteiger partial charge in [-0.05, 0) is 73.9 Å². The van der Waals surface area contributed by atoms with Gasteiger partial charge in [-0.2, -0.15) is 15.5 Å². The molecule has 2 rings (SSSR count). The largest absolute Gasteiger partial charge is 0.508 e. The maximum absolute atomic E-state index is 10.4. The molecule has 0 bridgehead atoms. The minimum Gasteiger partial charge on any atom is -0.508 e. The SMILES string of the molecule is CCCCCCCCCCCCC(C#N)(CCCC(CCc1cccc(OC)c1)N=NC)c1cccc(O)c1. The molecule has 0 saturated heterocycles. The lowest BCUT2D eigenvalue weighted by Crippen LogP contribution is -2.25. The van der Waals surface area contributed by atoms with Gasteiger partial charge in [0.25, 0.3) is 0 Å². The molecular weight excluding hydrogens is 482 g/mol. The average molecular weight is 534 g/mol. The Balaban J connectivity index is 1.92. The van der Waals surface area contributed by atoms with Crippen molar-refractivity contribution in [1.29, 1.82) is 5.26 Å². The van der Waals surface area contributed by atoms with E-state index in [0.29, 0.717) is 0 Å². The Kier molecular flexibility index (Phi) is 15.9. The van der Waals surface area contributed by atoms with Crippen molar-refractivity contribution in [2.24, 2.45) is 10.2 Å². The van der Waals surface area contributed by atoms with Gasteiger partial charge in [0.05, 0.1) is 24.6 Å². The van der Waals surface area contributed by atoms with Gasteiger partial charge < -0.3 is 9.84 Å². The summed E-state index contributed by atoms with van der Waals surface area (Å²) in [5.74, 6) is 1.10. The molecule has 39 heavy (non-hydrogen) atoms. The number of methoxy groups -OCH3 is 1. The fourth-order valence-electron chi connectivity index (χ4n) is 5.53. The van der Waals surface area contributed by atoms with Gasteiger partial charge in [0.15, 0.2) is 0 Å². The second kappa shape index (κ2) is 19.2. The van der Waals surface area contributed by atoms with Crippen molar-refractivity contribution in [3.8, 4) is 17.6 Å². The predicted molar refractivity (Wildman–Crippen MR) is 162 cm³/mol. The van der Waals surface area contributed by atoms with Crippen LogP contribution in [0.4, 0.5) is 0 Å². The number of unbranched alkanes of at least 4 members (excludes halogenated alkanes) is 9. The maximum atomic E-state index is 10.4. The number of aromatic hydroxyl groups is 1. The summed E-state index contributed by atoms with van der Waals surface area (Å²) in [6.07, 6.45) is 18.0. The quantitative estimate of drug-likeness (QED) is 0.128. The van der Waals surface area contributed by atoms with E-state index in [1.165, 1.54) is 56.9 Å². The van der Waals surface area contributed by atoms with Crippen molar-refractivity contribution in [2.45, 2.75) is 121 Å². The summed E-state index contributed by atoms with van der Waals surface area (Å²) < 4.78 is 5.36. The molecule has 2 unspecified atom stereocenters. The van der Waals surface area contributed by atoms with Crippen LogP contribution in [0.1, 0.15) is 114 Å². The number of phenols is 1. The summed E-state index contributed by atoms with van der Waals surface area (Å²) >= 11 is 0. The van der Waals surface area contributed by atoms with E-state index >= 15 is 0 Å². The minimum atomic E-state index is -0.584. The molecule has 1 N–H and O–H groups in total. The van der Waals surface area contributed by atoms with Crippen LogP contribution in [0.5, 0.6) is 11.5 Å². The molecule has 0 spiro atoms. The van der Waals surface area contributed by atoms with E-state index in [1.54, 1.807) is 26.3 Å². The second-order valence-corrected chi connectivity index (χ2v) is 10.9. The first-order chi connectivity index (χ1) is 19.1. The van der Waals surface area contributed by atoms with Crippen molar-refractivity contribution in [1.82, 2.24) is 0 Å². The summed E-state index contributed by atoms with van der Waals surface area (Å²) in [5, 5.41) is 29.2. The van der Waals surface area contributed by atoms with Crippen molar-refractivity contribution < 1.29 is 9.84 Å². The van der Waals surface area contributed by atoms with Crippen LogP contribution in [0.15, 0.2) is 58.8 Å². The van der Waals surface area contributed by atoms with Crippen LogP contribution in [0.25, 0.3) is 0 Å². The first-order valence-corrected chi connectivity index (χ1v) is 15.2. The molecule has 5 nitrogen and oxygen atoms in total. The average Bonchev–Trinajstić information content (AvgIpc) is 2.96. The van der Waals surface area contributed by atoms with Crippen molar-refractivity contribution >= 4 is 0 Å². The Labute approximate surface area is 237 Å². The molecule has 0 aromatic heterocycles. The highest BCUT2D eigenvalue weighted by molar-refractivity contribution is 5.37. The lowest BCUT2D eigenvalue weighted by molar-refractivity contribution is 0.397. The smallest absolute Gasteiger partial charge is 0.119 e. The molecule has 0 heterocycles. The van der Waals surface area contributed by atoms with Crippen LogP contribution in [0.2, 0.25) is 0 Å².